The fraction of sp³-hybridized carbons (Fsp3) is 0.259. The van der Waals surface area contributed by atoms with Gasteiger partial charge in [0.05, 0.1) is 16.5 Å². The molecule has 2 heterocycles. The molecule has 2 aromatic carbocycles. The maximum absolute atomic E-state index is 12.9. The number of hydrogen-bond donors (Lipinski definition) is 1. The lowest BCUT2D eigenvalue weighted by molar-refractivity contribution is -0.128. The van der Waals surface area contributed by atoms with Crippen molar-refractivity contribution < 1.29 is 14.3 Å². The van der Waals surface area contributed by atoms with Crippen molar-refractivity contribution in [2.24, 2.45) is 5.73 Å². The van der Waals surface area contributed by atoms with E-state index in [9.17, 15) is 9.59 Å². The molecule has 0 spiro atoms. The van der Waals surface area contributed by atoms with E-state index in [-0.39, 0.29) is 10.4 Å². The standard InChI is InChI=1S/C27H28N4O3S/c1-27(2,3)20-8-6-18(7-9-20)19(5-4-13-31-14-12-29-17-31)15-24(32)34-21-10-11-22-23(16-21)35-26(30-22)25(28)33/h6-12,14-17H,4-5,13H2,1-3H3,(H2,28,33). The molecule has 0 atom stereocenters. The average molecular weight is 489 g/mol. The van der Waals surface area contributed by atoms with Crippen molar-refractivity contribution in [3.05, 3.63) is 83.4 Å². The van der Waals surface area contributed by atoms with Crippen molar-refractivity contribution in [1.82, 2.24) is 14.5 Å². The molecule has 0 aliphatic heterocycles. The number of hydrogen-bond acceptors (Lipinski definition) is 6. The fourth-order valence-corrected chi connectivity index (χ4v) is 4.56. The number of benzene rings is 2. The average Bonchev–Trinajstić information content (AvgIpc) is 3.47. The maximum atomic E-state index is 12.9. The molecule has 0 aliphatic carbocycles. The number of aryl methyl sites for hydroxylation is 1. The van der Waals surface area contributed by atoms with Gasteiger partial charge in [-0.25, -0.2) is 14.8 Å². The van der Waals surface area contributed by atoms with Crippen molar-refractivity contribution in [3.8, 4) is 5.75 Å². The summed E-state index contributed by atoms with van der Waals surface area (Å²) in [4.78, 5) is 32.5. The monoisotopic (exact) mass is 488 g/mol. The lowest BCUT2D eigenvalue weighted by Gasteiger charge is -2.19. The van der Waals surface area contributed by atoms with Gasteiger partial charge in [0, 0.05) is 31.1 Å². The number of imidazole rings is 1. The number of carbonyl (C=O) groups excluding carboxylic acids is 2. The van der Waals surface area contributed by atoms with Crippen molar-refractivity contribution in [1.29, 1.82) is 0 Å². The van der Waals surface area contributed by atoms with E-state index in [0.29, 0.717) is 17.7 Å². The van der Waals surface area contributed by atoms with Crippen LogP contribution in [0.3, 0.4) is 0 Å². The van der Waals surface area contributed by atoms with Gasteiger partial charge in [-0.3, -0.25) is 4.79 Å². The van der Waals surface area contributed by atoms with Gasteiger partial charge >= 0.3 is 5.97 Å². The van der Waals surface area contributed by atoms with Crippen LogP contribution in [-0.2, 0) is 16.8 Å². The van der Waals surface area contributed by atoms with Crippen LogP contribution in [-0.4, -0.2) is 26.4 Å². The molecule has 0 fully saturated rings. The van der Waals surface area contributed by atoms with E-state index >= 15 is 0 Å². The number of allylic oxidation sites excluding steroid dienone is 1. The highest BCUT2D eigenvalue weighted by Gasteiger charge is 2.15. The molecule has 1 amide bonds. The highest BCUT2D eigenvalue weighted by molar-refractivity contribution is 7.20. The molecular weight excluding hydrogens is 460 g/mol. The molecule has 2 N–H and O–H groups in total. The van der Waals surface area contributed by atoms with Crippen LogP contribution in [0.5, 0.6) is 5.75 Å². The normalized spacial score (nSPS) is 12.1. The van der Waals surface area contributed by atoms with Crippen molar-refractivity contribution in [2.45, 2.75) is 45.6 Å². The van der Waals surface area contributed by atoms with Crippen LogP contribution < -0.4 is 10.5 Å². The topological polar surface area (TPSA) is 100 Å². The SMILES string of the molecule is CC(C)(C)c1ccc(C(=CC(=O)Oc2ccc3nc(C(N)=O)sc3c2)CCCn2ccnc2)cc1. The molecule has 4 rings (SSSR count). The summed E-state index contributed by atoms with van der Waals surface area (Å²) in [5.74, 6) is -0.647. The first kappa shape index (κ1) is 24.3. The third-order valence-corrected chi connectivity index (χ3v) is 6.66. The number of amides is 1. The summed E-state index contributed by atoms with van der Waals surface area (Å²) >= 11 is 1.17. The summed E-state index contributed by atoms with van der Waals surface area (Å²) in [6, 6.07) is 13.4. The Balaban J connectivity index is 1.54. The smallest absolute Gasteiger partial charge is 0.336 e. The molecule has 180 valence electrons. The Morgan fingerprint density at radius 3 is 2.57 bits per heavy atom. The molecule has 2 aromatic heterocycles. The van der Waals surface area contributed by atoms with Crippen molar-refractivity contribution >= 4 is 39.0 Å². The number of ether oxygens (including phenoxy) is 1. The number of fused-ring (bicyclic) bond motifs is 1. The Morgan fingerprint density at radius 2 is 1.91 bits per heavy atom. The zero-order valence-corrected chi connectivity index (χ0v) is 20.8. The molecule has 0 saturated carbocycles. The molecule has 4 aromatic rings. The lowest BCUT2D eigenvalue weighted by atomic mass is 9.86. The highest BCUT2D eigenvalue weighted by Crippen LogP contribution is 2.28. The minimum atomic E-state index is -0.578. The third kappa shape index (κ3) is 6.22. The molecule has 7 nitrogen and oxygen atoms in total. The van der Waals surface area contributed by atoms with E-state index < -0.39 is 11.9 Å². The van der Waals surface area contributed by atoms with Crippen molar-refractivity contribution in [2.75, 3.05) is 0 Å². The fourth-order valence-electron chi connectivity index (χ4n) is 3.72. The number of primary amides is 1. The van der Waals surface area contributed by atoms with Gasteiger partial charge in [0.25, 0.3) is 5.91 Å². The number of thiazole rings is 1. The predicted octanol–water partition coefficient (Wildman–Crippen LogP) is 5.36. The largest absolute Gasteiger partial charge is 0.423 e. The summed E-state index contributed by atoms with van der Waals surface area (Å²) in [5.41, 5.74) is 9.14. The second-order valence-corrected chi connectivity index (χ2v) is 10.4. The Morgan fingerprint density at radius 1 is 1.14 bits per heavy atom. The number of nitrogens with zero attached hydrogens (tertiary/aromatic N) is 3. The zero-order chi connectivity index (χ0) is 25.0. The highest BCUT2D eigenvalue weighted by atomic mass is 32.1. The van der Waals surface area contributed by atoms with Gasteiger partial charge in [-0.05, 0) is 47.1 Å². The van der Waals surface area contributed by atoms with E-state index in [4.69, 9.17) is 10.5 Å². The van der Waals surface area contributed by atoms with Crippen LogP contribution in [0.1, 0.15) is 54.5 Å². The molecule has 0 radical (unpaired) electrons. The Bertz CT molecular complexity index is 1360. The van der Waals surface area contributed by atoms with Crippen LogP contribution in [0.4, 0.5) is 0 Å². The van der Waals surface area contributed by atoms with Gasteiger partial charge in [-0.15, -0.1) is 11.3 Å². The second-order valence-electron chi connectivity index (χ2n) is 9.33. The Kier molecular flexibility index (Phi) is 7.12. The van der Waals surface area contributed by atoms with Gasteiger partial charge in [-0.2, -0.15) is 0 Å². The van der Waals surface area contributed by atoms with Gasteiger partial charge in [0.1, 0.15) is 5.75 Å². The second kappa shape index (κ2) is 10.2. The maximum Gasteiger partial charge on any atom is 0.336 e. The van der Waals surface area contributed by atoms with Crippen LogP contribution in [0.15, 0.2) is 67.3 Å². The third-order valence-electron chi connectivity index (χ3n) is 5.62. The quantitative estimate of drug-likeness (QED) is 0.204. The first-order valence-electron chi connectivity index (χ1n) is 11.4. The minimum Gasteiger partial charge on any atom is -0.423 e. The Labute approximate surface area is 208 Å². The molecule has 0 aliphatic rings. The van der Waals surface area contributed by atoms with E-state index in [1.54, 1.807) is 36.8 Å². The Hall–Kier alpha value is -3.78. The summed E-state index contributed by atoms with van der Waals surface area (Å²) < 4.78 is 8.35. The number of nitrogens with two attached hydrogens (primary N) is 1. The number of carbonyl (C=O) groups is 2. The van der Waals surface area contributed by atoms with Gasteiger partial charge in [-0.1, -0.05) is 45.0 Å². The van der Waals surface area contributed by atoms with Crippen LogP contribution in [0.25, 0.3) is 15.8 Å². The van der Waals surface area contributed by atoms with Crippen molar-refractivity contribution in [3.63, 3.8) is 0 Å². The summed E-state index contributed by atoms with van der Waals surface area (Å²) in [7, 11) is 0. The first-order chi connectivity index (χ1) is 16.7. The summed E-state index contributed by atoms with van der Waals surface area (Å²) in [6.45, 7) is 7.32. The predicted molar refractivity (Wildman–Crippen MR) is 138 cm³/mol. The summed E-state index contributed by atoms with van der Waals surface area (Å²) in [5, 5.41) is 0.224. The summed E-state index contributed by atoms with van der Waals surface area (Å²) in [6.07, 6.45) is 8.58. The van der Waals surface area contributed by atoms with Crippen LogP contribution >= 0.6 is 11.3 Å². The van der Waals surface area contributed by atoms with E-state index in [1.165, 1.54) is 16.9 Å². The molecular formula is C27H28N4O3S. The van der Waals surface area contributed by atoms with Crippen LogP contribution in [0, 0.1) is 0 Å². The van der Waals surface area contributed by atoms with Crippen LogP contribution in [0.2, 0.25) is 0 Å². The van der Waals surface area contributed by atoms with E-state index in [2.05, 4.69) is 55.0 Å². The minimum absolute atomic E-state index is 0.0480. The van der Waals surface area contributed by atoms with E-state index in [0.717, 1.165) is 28.8 Å². The number of esters is 1. The molecule has 35 heavy (non-hydrogen) atoms. The molecule has 0 unspecified atom stereocenters. The zero-order valence-electron chi connectivity index (χ0n) is 20.0. The molecule has 8 heteroatoms. The van der Waals surface area contributed by atoms with Gasteiger partial charge < -0.3 is 15.0 Å². The number of aromatic nitrogens is 3. The van der Waals surface area contributed by atoms with Gasteiger partial charge in [0.15, 0.2) is 5.01 Å². The molecule has 0 saturated heterocycles. The first-order valence-corrected chi connectivity index (χ1v) is 12.2. The molecule has 0 bridgehead atoms. The lowest BCUT2D eigenvalue weighted by Crippen LogP contribution is -2.10. The number of rotatable bonds is 8. The van der Waals surface area contributed by atoms with Gasteiger partial charge in [0.2, 0.25) is 0 Å². The van der Waals surface area contributed by atoms with E-state index in [1.807, 2.05) is 10.8 Å².